The predicted octanol–water partition coefficient (Wildman–Crippen LogP) is 10.0. The number of hydrogen-bond donors (Lipinski definition) is 4. The summed E-state index contributed by atoms with van der Waals surface area (Å²) in [4.78, 5) is 45.9. The van der Waals surface area contributed by atoms with Crippen molar-refractivity contribution in [3.63, 3.8) is 0 Å². The van der Waals surface area contributed by atoms with E-state index >= 15 is 0 Å². The summed E-state index contributed by atoms with van der Waals surface area (Å²) in [7, 11) is -4.76. The smallest absolute Gasteiger partial charge is 0.472 e. The summed E-state index contributed by atoms with van der Waals surface area (Å²) in [5, 5.41) is 18.9. The molecule has 0 aliphatic rings. The molecule has 0 bridgehead atoms. The lowest BCUT2D eigenvalue weighted by Crippen LogP contribution is -2.34. The first-order valence-corrected chi connectivity index (χ1v) is 22.5. The monoisotopic (exact) mass is 845 g/mol. The third-order valence-corrected chi connectivity index (χ3v) is 9.06. The lowest BCUT2D eigenvalue weighted by Gasteiger charge is -2.20. The zero-order valence-corrected chi connectivity index (χ0v) is 36.3. The zero-order valence-electron chi connectivity index (χ0n) is 35.4. The Morgan fingerprint density at radius 3 is 1.76 bits per heavy atom. The number of phosphoric acid groups is 1. The predicted molar refractivity (Wildman–Crippen MR) is 236 cm³/mol. The van der Waals surface area contributed by atoms with Crippen LogP contribution in [0.3, 0.4) is 0 Å². The van der Waals surface area contributed by atoms with Gasteiger partial charge in [0.15, 0.2) is 6.10 Å². The van der Waals surface area contributed by atoms with Crippen LogP contribution in [0.2, 0.25) is 0 Å². The fourth-order valence-corrected chi connectivity index (χ4v) is 5.61. The topological polar surface area (TPSA) is 192 Å². The van der Waals surface area contributed by atoms with E-state index in [9.17, 15) is 28.9 Å². The molecule has 2 unspecified atom stereocenters. The number of ether oxygens (including phenoxy) is 2. The Morgan fingerprint density at radius 2 is 1.14 bits per heavy atom. The fourth-order valence-electron chi connectivity index (χ4n) is 4.83. The number of aliphatic hydroxyl groups is 1. The van der Waals surface area contributed by atoms with Crippen molar-refractivity contribution in [1.29, 1.82) is 0 Å². The fraction of sp³-hybridized carbons (Fsp3) is 0.543. The Bertz CT molecular complexity index is 1430. The molecule has 0 radical (unpaired) electrons. The van der Waals surface area contributed by atoms with Crippen LogP contribution in [0.4, 0.5) is 0 Å². The lowest BCUT2D eigenvalue weighted by molar-refractivity contribution is -0.161. The number of phosphoric ester groups is 1. The van der Waals surface area contributed by atoms with Crippen LogP contribution < -0.4 is 5.73 Å². The second-order valence-electron chi connectivity index (χ2n) is 13.6. The number of rotatable bonds is 37. The molecular weight excluding hydrogens is 773 g/mol. The molecule has 0 heterocycles. The second kappa shape index (κ2) is 39.6. The van der Waals surface area contributed by atoms with Crippen molar-refractivity contribution in [3.8, 4) is 0 Å². The quantitative estimate of drug-likeness (QED) is 0.0152. The number of nitrogens with two attached hydrogens (primary N) is 1. The van der Waals surface area contributed by atoms with Crippen molar-refractivity contribution >= 4 is 25.7 Å². The highest BCUT2D eigenvalue weighted by atomic mass is 31.2. The first-order valence-electron chi connectivity index (χ1n) is 21.0. The molecule has 0 aliphatic heterocycles. The molecule has 0 rings (SSSR count). The van der Waals surface area contributed by atoms with Gasteiger partial charge in [0.05, 0.1) is 19.3 Å². The van der Waals surface area contributed by atoms with E-state index in [0.717, 1.165) is 70.6 Å². The first-order chi connectivity index (χ1) is 28.5. The van der Waals surface area contributed by atoms with Crippen LogP contribution in [-0.2, 0) is 37.5 Å². The molecule has 0 saturated heterocycles. The molecule has 0 aromatic rings. The summed E-state index contributed by atoms with van der Waals surface area (Å²) in [6, 6.07) is -1.55. The maximum absolute atomic E-state index is 12.6. The largest absolute Gasteiger partial charge is 0.480 e. The van der Waals surface area contributed by atoms with Gasteiger partial charge in [-0.05, 0) is 77.0 Å². The van der Waals surface area contributed by atoms with Crippen LogP contribution in [0.5, 0.6) is 0 Å². The maximum Gasteiger partial charge on any atom is 0.472 e. The van der Waals surface area contributed by atoms with E-state index < -0.39 is 63.8 Å². The van der Waals surface area contributed by atoms with Gasteiger partial charge >= 0.3 is 25.7 Å². The average molecular weight is 846 g/mol. The summed E-state index contributed by atoms with van der Waals surface area (Å²) in [6.45, 7) is 2.38. The number of hydrogen-bond acceptors (Lipinski definition) is 10. The van der Waals surface area contributed by atoms with E-state index in [1.54, 1.807) is 6.08 Å². The van der Waals surface area contributed by atoms with Crippen molar-refractivity contribution in [3.05, 3.63) is 109 Å². The maximum atomic E-state index is 12.6. The van der Waals surface area contributed by atoms with Gasteiger partial charge in [0.25, 0.3) is 0 Å². The first kappa shape index (κ1) is 55.1. The highest BCUT2D eigenvalue weighted by molar-refractivity contribution is 7.47. The minimum absolute atomic E-state index is 0.0623. The number of carbonyl (C=O) groups is 3. The SMILES string of the molecule is CC/C=C\C/C=C\C/C=C\CCCCCCCC(=O)O[C@H](COC(=O)CC/C=C\C/C=C\C/C=C\C=C\C(O)C/C=C\C/C=C\CC)COP(=O)(O)OC[C@H](N)C(=O)O. The molecule has 0 aromatic carbocycles. The van der Waals surface area contributed by atoms with Gasteiger partial charge in [-0.3, -0.25) is 23.4 Å². The molecule has 12 nitrogen and oxygen atoms in total. The van der Waals surface area contributed by atoms with Crippen LogP contribution in [0.15, 0.2) is 109 Å². The molecule has 4 atom stereocenters. The number of carboxylic acids is 1. The van der Waals surface area contributed by atoms with Gasteiger partial charge in [-0.1, -0.05) is 142 Å². The number of carboxylic acid groups (broad SMARTS) is 1. The van der Waals surface area contributed by atoms with Crippen molar-refractivity contribution in [2.45, 2.75) is 141 Å². The van der Waals surface area contributed by atoms with Crippen LogP contribution in [0.25, 0.3) is 0 Å². The standard InChI is InChI=1S/C46H72NO11P/c1-3-5-7-9-11-12-13-14-15-16-17-22-25-29-33-37-45(50)58-42(39-56-59(53,54)57-40-43(47)46(51)52)38-55-44(49)36-32-28-24-21-19-18-20-23-27-31-35-41(48)34-30-26-10-8-6-4-2/h5-8,11-12,14-15,18-19,23-24,26-28,30-31,35,41-43,48H,3-4,9-10,13,16-17,20-22,25,29,32-34,36-40,47H2,1-2H3,(H,51,52)(H,53,54)/b7-5-,8-6-,12-11-,15-14-,19-18-,27-23-,28-24-,30-26-,35-31+/t41?,42-,43+/m1/s1. The molecule has 0 aromatic heterocycles. The molecule has 0 saturated carbocycles. The number of aliphatic carboxylic acids is 1. The molecule has 5 N–H and O–H groups in total. The van der Waals surface area contributed by atoms with E-state index in [1.807, 2.05) is 54.7 Å². The van der Waals surface area contributed by atoms with E-state index in [0.29, 0.717) is 25.7 Å². The summed E-state index contributed by atoms with van der Waals surface area (Å²) < 4.78 is 32.5. The Kier molecular flexibility index (Phi) is 36.9. The van der Waals surface area contributed by atoms with Gasteiger partial charge in [-0.2, -0.15) is 0 Å². The van der Waals surface area contributed by atoms with Gasteiger partial charge in [0.2, 0.25) is 0 Å². The Balaban J connectivity index is 4.61. The zero-order chi connectivity index (χ0) is 43.7. The average Bonchev–Trinajstić information content (AvgIpc) is 3.21. The Hall–Kier alpha value is -3.90. The number of carbonyl (C=O) groups excluding carboxylic acids is 2. The lowest BCUT2D eigenvalue weighted by atomic mass is 10.1. The number of unbranched alkanes of at least 4 members (excludes halogenated alkanes) is 5. The molecular formula is C46H72NO11P. The molecule has 0 amide bonds. The molecule has 0 spiro atoms. The van der Waals surface area contributed by atoms with Gasteiger partial charge in [0, 0.05) is 12.8 Å². The molecule has 0 aliphatic carbocycles. The molecule has 13 heteroatoms. The van der Waals surface area contributed by atoms with Crippen LogP contribution in [0.1, 0.15) is 123 Å². The van der Waals surface area contributed by atoms with E-state index in [2.05, 4.69) is 67.0 Å². The van der Waals surface area contributed by atoms with E-state index in [4.69, 9.17) is 24.8 Å². The minimum Gasteiger partial charge on any atom is -0.480 e. The van der Waals surface area contributed by atoms with Gasteiger partial charge < -0.3 is 30.3 Å². The van der Waals surface area contributed by atoms with E-state index in [1.165, 1.54) is 0 Å². The van der Waals surface area contributed by atoms with Crippen molar-refractivity contribution in [1.82, 2.24) is 0 Å². The molecule has 332 valence electrons. The second-order valence-corrected chi connectivity index (χ2v) is 15.0. The van der Waals surface area contributed by atoms with Gasteiger partial charge in [-0.25, -0.2) is 4.57 Å². The number of allylic oxidation sites excluding steroid dienone is 16. The summed E-state index contributed by atoms with van der Waals surface area (Å²) >= 11 is 0. The van der Waals surface area contributed by atoms with Crippen LogP contribution in [-0.4, -0.2) is 71.1 Å². The Labute approximate surface area is 353 Å². The summed E-state index contributed by atoms with van der Waals surface area (Å²) in [5.74, 6) is -2.56. The minimum atomic E-state index is -4.76. The molecule has 59 heavy (non-hydrogen) atoms. The normalized spacial score (nSPS) is 15.3. The molecule has 0 fully saturated rings. The third-order valence-electron chi connectivity index (χ3n) is 8.11. The van der Waals surface area contributed by atoms with Crippen molar-refractivity contribution < 1.29 is 52.6 Å². The van der Waals surface area contributed by atoms with Gasteiger partial charge in [-0.15, -0.1) is 0 Å². The van der Waals surface area contributed by atoms with Crippen molar-refractivity contribution in [2.24, 2.45) is 5.73 Å². The number of aliphatic hydroxyl groups excluding tert-OH is 1. The Morgan fingerprint density at radius 1 is 0.610 bits per heavy atom. The summed E-state index contributed by atoms with van der Waals surface area (Å²) in [6.07, 6.45) is 47.7. The van der Waals surface area contributed by atoms with Gasteiger partial charge in [0.1, 0.15) is 12.6 Å². The highest BCUT2D eigenvalue weighted by Crippen LogP contribution is 2.43. The highest BCUT2D eigenvalue weighted by Gasteiger charge is 2.28. The van der Waals surface area contributed by atoms with Crippen LogP contribution in [0, 0.1) is 0 Å². The number of esters is 2. The van der Waals surface area contributed by atoms with Crippen LogP contribution >= 0.6 is 7.82 Å². The van der Waals surface area contributed by atoms with Crippen molar-refractivity contribution in [2.75, 3.05) is 19.8 Å². The van der Waals surface area contributed by atoms with E-state index in [-0.39, 0.29) is 12.8 Å². The summed E-state index contributed by atoms with van der Waals surface area (Å²) in [5.41, 5.74) is 5.32. The third kappa shape index (κ3) is 39.3.